The van der Waals surface area contributed by atoms with Gasteiger partial charge in [-0.05, 0) is 53.8 Å². The lowest BCUT2D eigenvalue weighted by atomic mass is 9.99. The Morgan fingerprint density at radius 3 is 2.04 bits per heavy atom. The van der Waals surface area contributed by atoms with Crippen LogP contribution in [0.15, 0.2) is 48.8 Å². The van der Waals surface area contributed by atoms with Crippen molar-refractivity contribution in [1.29, 1.82) is 0 Å². The molecule has 0 saturated heterocycles. The molecule has 144 valence electrons. The van der Waals surface area contributed by atoms with Gasteiger partial charge >= 0.3 is 0 Å². The summed E-state index contributed by atoms with van der Waals surface area (Å²) in [6, 6.07) is 12.1. The van der Waals surface area contributed by atoms with E-state index in [0.717, 1.165) is 33.2 Å². The molecule has 5 nitrogen and oxygen atoms in total. The number of rotatable bonds is 5. The Kier molecular flexibility index (Phi) is 4.51. The van der Waals surface area contributed by atoms with Gasteiger partial charge < -0.3 is 23.3 Å². The van der Waals surface area contributed by atoms with Gasteiger partial charge in [-0.2, -0.15) is 0 Å². The van der Waals surface area contributed by atoms with Gasteiger partial charge in [0.2, 0.25) is 0 Å². The van der Waals surface area contributed by atoms with Gasteiger partial charge in [-0.25, -0.2) is 0 Å². The molecule has 0 atom stereocenters. The first-order valence-electron chi connectivity index (χ1n) is 8.99. The quantitative estimate of drug-likeness (QED) is 0.485. The highest BCUT2D eigenvalue weighted by atomic mass is 16.5. The first-order chi connectivity index (χ1) is 13.6. The minimum atomic E-state index is 0.707. The van der Waals surface area contributed by atoms with E-state index in [2.05, 4.69) is 35.9 Å². The fourth-order valence-electron chi connectivity index (χ4n) is 3.80. The minimum absolute atomic E-state index is 0.707. The highest BCUT2D eigenvalue weighted by Crippen LogP contribution is 2.41. The Morgan fingerprint density at radius 1 is 0.714 bits per heavy atom. The second-order valence-corrected chi connectivity index (χ2v) is 6.62. The molecule has 4 rings (SSSR count). The minimum Gasteiger partial charge on any atom is -0.493 e. The fraction of sp³-hybridized carbons (Fsp3) is 0.217. The molecule has 5 heteroatoms. The van der Waals surface area contributed by atoms with E-state index in [1.54, 1.807) is 28.4 Å². The Balaban J connectivity index is 2.06. The Hall–Kier alpha value is -3.34. The number of benzene rings is 2. The summed E-state index contributed by atoms with van der Waals surface area (Å²) in [7, 11) is 6.60. The van der Waals surface area contributed by atoms with E-state index in [0.29, 0.717) is 17.2 Å². The molecule has 4 aromatic rings. The Labute approximate surface area is 164 Å². The molecule has 0 radical (unpaired) electrons. The van der Waals surface area contributed by atoms with E-state index in [1.165, 1.54) is 5.56 Å². The topological polar surface area (TPSA) is 41.3 Å². The van der Waals surface area contributed by atoms with Gasteiger partial charge in [-0.1, -0.05) is 6.07 Å². The molecular weight excluding hydrogens is 354 g/mol. The molecule has 0 unspecified atom stereocenters. The van der Waals surface area contributed by atoms with Crippen LogP contribution in [0, 0.1) is 6.92 Å². The third-order valence-electron chi connectivity index (χ3n) is 5.12. The van der Waals surface area contributed by atoms with Gasteiger partial charge in [0.25, 0.3) is 0 Å². The lowest BCUT2D eigenvalue weighted by Crippen LogP contribution is -1.93. The maximum absolute atomic E-state index is 5.54. The number of aryl methyl sites for hydroxylation is 1. The number of hydrogen-bond donors (Lipinski definition) is 0. The number of aromatic nitrogens is 1. The number of ether oxygens (including phenoxy) is 4. The monoisotopic (exact) mass is 377 g/mol. The molecule has 0 bridgehead atoms. The molecule has 0 saturated carbocycles. The molecule has 0 aliphatic carbocycles. The molecule has 0 aliphatic heterocycles. The predicted octanol–water partition coefficient (Wildman–Crippen LogP) is 5.10. The number of pyridine rings is 1. The number of nitrogens with zero attached hydrogens (tertiary/aromatic N) is 1. The molecular formula is C23H23NO4. The summed E-state index contributed by atoms with van der Waals surface area (Å²) in [4.78, 5) is 0. The van der Waals surface area contributed by atoms with Crippen molar-refractivity contribution in [3.05, 3.63) is 54.4 Å². The summed E-state index contributed by atoms with van der Waals surface area (Å²) in [5.74, 6) is 2.84. The van der Waals surface area contributed by atoms with Crippen molar-refractivity contribution in [1.82, 2.24) is 4.40 Å². The second-order valence-electron chi connectivity index (χ2n) is 6.62. The van der Waals surface area contributed by atoms with Crippen molar-refractivity contribution < 1.29 is 18.9 Å². The largest absolute Gasteiger partial charge is 0.493 e. The molecule has 0 fully saturated rings. The fourth-order valence-corrected chi connectivity index (χ4v) is 3.80. The predicted molar refractivity (Wildman–Crippen MR) is 111 cm³/mol. The van der Waals surface area contributed by atoms with Crippen LogP contribution in [0.5, 0.6) is 23.0 Å². The van der Waals surface area contributed by atoms with Crippen molar-refractivity contribution >= 4 is 16.3 Å². The zero-order chi connectivity index (χ0) is 19.8. The van der Waals surface area contributed by atoms with Crippen molar-refractivity contribution in [3.8, 4) is 34.1 Å². The van der Waals surface area contributed by atoms with Crippen LogP contribution in [-0.2, 0) is 0 Å². The SMILES string of the molecule is COc1ccc(-c2c(C)cn3ccc4cc(OC)c(OC)cc4c23)cc1OC. The summed E-state index contributed by atoms with van der Waals surface area (Å²) < 4.78 is 24.1. The van der Waals surface area contributed by atoms with Crippen LogP contribution >= 0.6 is 0 Å². The summed E-state index contributed by atoms with van der Waals surface area (Å²) in [6.07, 6.45) is 4.21. The first-order valence-corrected chi connectivity index (χ1v) is 8.99. The molecule has 2 aromatic carbocycles. The first kappa shape index (κ1) is 18.0. The summed E-state index contributed by atoms with van der Waals surface area (Å²) >= 11 is 0. The van der Waals surface area contributed by atoms with Gasteiger partial charge in [-0.3, -0.25) is 0 Å². The molecule has 0 aliphatic rings. The maximum Gasteiger partial charge on any atom is 0.161 e. The smallest absolute Gasteiger partial charge is 0.161 e. The van der Waals surface area contributed by atoms with Crippen molar-refractivity contribution in [2.45, 2.75) is 6.92 Å². The third-order valence-corrected chi connectivity index (χ3v) is 5.12. The van der Waals surface area contributed by atoms with Crippen LogP contribution in [0.1, 0.15) is 5.56 Å². The van der Waals surface area contributed by atoms with Crippen molar-refractivity contribution in [2.75, 3.05) is 28.4 Å². The molecule has 0 amide bonds. The van der Waals surface area contributed by atoms with Gasteiger partial charge in [0.05, 0.1) is 34.0 Å². The van der Waals surface area contributed by atoms with Crippen molar-refractivity contribution in [3.63, 3.8) is 0 Å². The van der Waals surface area contributed by atoms with Gasteiger partial charge in [0, 0.05) is 23.3 Å². The van der Waals surface area contributed by atoms with Crippen LogP contribution in [0.25, 0.3) is 27.4 Å². The van der Waals surface area contributed by atoms with Gasteiger partial charge in [0.15, 0.2) is 23.0 Å². The third kappa shape index (κ3) is 2.71. The average Bonchev–Trinajstić information content (AvgIpc) is 3.08. The number of methoxy groups -OCH3 is 4. The van der Waals surface area contributed by atoms with E-state index in [-0.39, 0.29) is 0 Å². The number of hydrogen-bond acceptors (Lipinski definition) is 4. The van der Waals surface area contributed by atoms with Crippen molar-refractivity contribution in [2.24, 2.45) is 0 Å². The standard InChI is InChI=1S/C23H23NO4/c1-14-13-24-9-8-15-10-20(27-4)21(28-5)12-17(15)23(24)22(14)16-6-7-18(25-2)19(11-16)26-3/h6-13H,1-5H3. The van der Waals surface area contributed by atoms with Crippen LogP contribution in [0.2, 0.25) is 0 Å². The number of fused-ring (bicyclic) bond motifs is 3. The van der Waals surface area contributed by atoms with E-state index < -0.39 is 0 Å². The van der Waals surface area contributed by atoms with E-state index >= 15 is 0 Å². The highest BCUT2D eigenvalue weighted by molar-refractivity contribution is 6.05. The van der Waals surface area contributed by atoms with E-state index in [9.17, 15) is 0 Å². The second kappa shape index (κ2) is 7.00. The van der Waals surface area contributed by atoms with Crippen LogP contribution in [0.3, 0.4) is 0 Å². The lowest BCUT2D eigenvalue weighted by molar-refractivity contribution is 0.355. The highest BCUT2D eigenvalue weighted by Gasteiger charge is 2.17. The van der Waals surface area contributed by atoms with E-state index in [4.69, 9.17) is 18.9 Å². The van der Waals surface area contributed by atoms with Crippen LogP contribution in [-0.4, -0.2) is 32.8 Å². The van der Waals surface area contributed by atoms with Gasteiger partial charge in [0.1, 0.15) is 0 Å². The zero-order valence-electron chi connectivity index (χ0n) is 16.7. The Morgan fingerprint density at radius 2 is 1.36 bits per heavy atom. The van der Waals surface area contributed by atoms with Gasteiger partial charge in [-0.15, -0.1) is 0 Å². The Bertz CT molecular complexity index is 1180. The molecule has 2 aromatic heterocycles. The molecule has 2 heterocycles. The normalized spacial score (nSPS) is 11.0. The molecule has 0 N–H and O–H groups in total. The van der Waals surface area contributed by atoms with Crippen LogP contribution < -0.4 is 18.9 Å². The van der Waals surface area contributed by atoms with E-state index in [1.807, 2.05) is 24.3 Å². The lowest BCUT2D eigenvalue weighted by Gasteiger charge is -2.13. The average molecular weight is 377 g/mol. The zero-order valence-corrected chi connectivity index (χ0v) is 16.7. The van der Waals surface area contributed by atoms with Crippen LogP contribution in [0.4, 0.5) is 0 Å². The summed E-state index contributed by atoms with van der Waals surface area (Å²) in [6.45, 7) is 2.12. The summed E-state index contributed by atoms with van der Waals surface area (Å²) in [5.41, 5.74) is 4.51. The maximum atomic E-state index is 5.54. The molecule has 0 spiro atoms. The molecule has 28 heavy (non-hydrogen) atoms. The summed E-state index contributed by atoms with van der Waals surface area (Å²) in [5, 5.41) is 2.18.